The van der Waals surface area contributed by atoms with Crippen molar-refractivity contribution in [3.05, 3.63) is 0 Å². The predicted molar refractivity (Wildman–Crippen MR) is 75.9 cm³/mol. The molecule has 0 unspecified atom stereocenters. The lowest BCUT2D eigenvalue weighted by molar-refractivity contribution is -0.146. The third-order valence-electron chi connectivity index (χ3n) is 5.50. The molecule has 0 aromatic carbocycles. The second-order valence-electron chi connectivity index (χ2n) is 6.51. The number of likely N-dealkylation sites (tertiary alicyclic amines) is 1. The standard InChI is InChI=1S/C15H25N3O2/c1-3-17-10-8-14(9-11-17)13(20)16-15(6-4-5-7-15)18(14)12(2)19/h3-11H2,1-2H3,(H,16,20). The molecule has 2 spiro atoms. The van der Waals surface area contributed by atoms with Gasteiger partial charge in [-0.3, -0.25) is 9.59 Å². The largest absolute Gasteiger partial charge is 0.331 e. The van der Waals surface area contributed by atoms with Gasteiger partial charge in [0.1, 0.15) is 11.2 Å². The molecule has 0 aromatic heterocycles. The van der Waals surface area contributed by atoms with Crippen molar-refractivity contribution >= 4 is 11.8 Å². The van der Waals surface area contributed by atoms with Crippen LogP contribution in [0, 0.1) is 0 Å². The van der Waals surface area contributed by atoms with Crippen molar-refractivity contribution in [1.82, 2.24) is 15.1 Å². The van der Waals surface area contributed by atoms with Gasteiger partial charge in [0.15, 0.2) is 0 Å². The molecule has 5 heteroatoms. The van der Waals surface area contributed by atoms with Crippen LogP contribution in [-0.4, -0.2) is 52.5 Å². The highest BCUT2D eigenvalue weighted by Crippen LogP contribution is 2.46. The smallest absolute Gasteiger partial charge is 0.247 e. The molecule has 0 atom stereocenters. The average molecular weight is 279 g/mol. The zero-order valence-electron chi connectivity index (χ0n) is 12.6. The maximum Gasteiger partial charge on any atom is 0.247 e. The van der Waals surface area contributed by atoms with Crippen LogP contribution in [0.1, 0.15) is 52.4 Å². The zero-order valence-corrected chi connectivity index (χ0v) is 12.6. The number of carbonyl (C=O) groups is 2. The van der Waals surface area contributed by atoms with Crippen LogP contribution in [0.3, 0.4) is 0 Å². The van der Waals surface area contributed by atoms with Gasteiger partial charge in [0.25, 0.3) is 0 Å². The minimum absolute atomic E-state index is 0.0511. The molecule has 2 heterocycles. The van der Waals surface area contributed by atoms with Crippen molar-refractivity contribution in [2.24, 2.45) is 0 Å². The van der Waals surface area contributed by atoms with E-state index in [2.05, 4.69) is 17.1 Å². The Balaban J connectivity index is 1.93. The van der Waals surface area contributed by atoms with Crippen LogP contribution >= 0.6 is 0 Å². The SMILES string of the molecule is CCN1CCC2(CC1)C(=O)NC1(CCCC1)N2C(C)=O. The summed E-state index contributed by atoms with van der Waals surface area (Å²) in [7, 11) is 0. The van der Waals surface area contributed by atoms with Crippen LogP contribution in [0.4, 0.5) is 0 Å². The summed E-state index contributed by atoms with van der Waals surface area (Å²) in [5.41, 5.74) is -0.959. The number of rotatable bonds is 1. The molecule has 0 radical (unpaired) electrons. The van der Waals surface area contributed by atoms with Gasteiger partial charge in [-0.25, -0.2) is 0 Å². The quantitative estimate of drug-likeness (QED) is 0.782. The lowest BCUT2D eigenvalue weighted by Crippen LogP contribution is -2.61. The molecule has 3 aliphatic rings. The average Bonchev–Trinajstić information content (AvgIpc) is 2.96. The van der Waals surface area contributed by atoms with E-state index >= 15 is 0 Å². The fraction of sp³-hybridized carbons (Fsp3) is 0.867. The second-order valence-corrected chi connectivity index (χ2v) is 6.51. The van der Waals surface area contributed by atoms with Gasteiger partial charge in [-0.05, 0) is 45.1 Å². The molecule has 2 amide bonds. The van der Waals surface area contributed by atoms with E-state index in [1.165, 1.54) is 0 Å². The van der Waals surface area contributed by atoms with Crippen molar-refractivity contribution in [3.63, 3.8) is 0 Å². The Labute approximate surface area is 120 Å². The van der Waals surface area contributed by atoms with Gasteiger partial charge in [0, 0.05) is 20.0 Å². The van der Waals surface area contributed by atoms with E-state index < -0.39 is 5.54 Å². The highest BCUT2D eigenvalue weighted by Gasteiger charge is 2.62. The monoisotopic (exact) mass is 279 g/mol. The molecular formula is C15H25N3O2. The van der Waals surface area contributed by atoms with Gasteiger partial charge in [-0.1, -0.05) is 6.92 Å². The summed E-state index contributed by atoms with van der Waals surface area (Å²) in [6, 6.07) is 0. The van der Waals surface area contributed by atoms with E-state index in [1.807, 2.05) is 4.90 Å². The maximum absolute atomic E-state index is 12.7. The number of nitrogens with one attached hydrogen (secondary N) is 1. The Morgan fingerprint density at radius 1 is 1.20 bits per heavy atom. The third kappa shape index (κ3) is 1.79. The van der Waals surface area contributed by atoms with E-state index in [9.17, 15) is 9.59 Å². The summed E-state index contributed by atoms with van der Waals surface area (Å²) in [4.78, 5) is 29.3. The van der Waals surface area contributed by atoms with E-state index in [4.69, 9.17) is 0 Å². The number of amides is 2. The Hall–Kier alpha value is -1.10. The van der Waals surface area contributed by atoms with Crippen LogP contribution in [0.25, 0.3) is 0 Å². The summed E-state index contributed by atoms with van der Waals surface area (Å²) in [5.74, 6) is 0.139. The fourth-order valence-corrected chi connectivity index (χ4v) is 4.50. The minimum atomic E-state index is -0.582. The van der Waals surface area contributed by atoms with Crippen LogP contribution in [0.2, 0.25) is 0 Å². The summed E-state index contributed by atoms with van der Waals surface area (Å²) < 4.78 is 0. The van der Waals surface area contributed by atoms with Crippen LogP contribution in [0.15, 0.2) is 0 Å². The molecule has 20 heavy (non-hydrogen) atoms. The highest BCUT2D eigenvalue weighted by molar-refractivity contribution is 5.95. The zero-order chi connectivity index (χ0) is 14.4. The summed E-state index contributed by atoms with van der Waals surface area (Å²) >= 11 is 0. The Morgan fingerprint density at radius 3 is 2.30 bits per heavy atom. The highest BCUT2D eigenvalue weighted by atomic mass is 16.2. The first kappa shape index (κ1) is 13.9. The molecule has 3 fully saturated rings. The Bertz CT molecular complexity index is 421. The number of carbonyl (C=O) groups excluding carboxylic acids is 2. The van der Waals surface area contributed by atoms with E-state index in [-0.39, 0.29) is 17.5 Å². The Morgan fingerprint density at radius 2 is 1.80 bits per heavy atom. The normalized spacial score (nSPS) is 28.3. The molecule has 3 rings (SSSR count). The second kappa shape index (κ2) is 4.72. The van der Waals surface area contributed by atoms with E-state index in [0.717, 1.165) is 58.2 Å². The predicted octanol–water partition coefficient (Wildman–Crippen LogP) is 1.09. The van der Waals surface area contributed by atoms with E-state index in [1.54, 1.807) is 6.92 Å². The van der Waals surface area contributed by atoms with Gasteiger partial charge in [0.2, 0.25) is 11.8 Å². The Kier molecular flexibility index (Phi) is 3.27. The topological polar surface area (TPSA) is 52.7 Å². The van der Waals surface area contributed by atoms with E-state index in [0.29, 0.717) is 0 Å². The molecule has 1 N–H and O–H groups in total. The summed E-state index contributed by atoms with van der Waals surface area (Å²) in [5, 5.41) is 3.20. The van der Waals surface area contributed by atoms with Gasteiger partial charge < -0.3 is 15.1 Å². The van der Waals surface area contributed by atoms with Gasteiger partial charge in [-0.2, -0.15) is 0 Å². The summed E-state index contributed by atoms with van der Waals surface area (Å²) in [6.45, 7) is 6.60. The van der Waals surface area contributed by atoms with Crippen LogP contribution in [-0.2, 0) is 9.59 Å². The molecule has 0 aromatic rings. The van der Waals surface area contributed by atoms with Gasteiger partial charge in [0.05, 0.1) is 0 Å². The van der Waals surface area contributed by atoms with Crippen LogP contribution in [0.5, 0.6) is 0 Å². The lowest BCUT2D eigenvalue weighted by Gasteiger charge is -2.46. The molecule has 5 nitrogen and oxygen atoms in total. The first-order valence-electron chi connectivity index (χ1n) is 7.90. The number of nitrogens with zero attached hydrogens (tertiary/aromatic N) is 2. The van der Waals surface area contributed by atoms with Crippen molar-refractivity contribution in [2.45, 2.75) is 63.6 Å². The van der Waals surface area contributed by atoms with Crippen LogP contribution < -0.4 is 5.32 Å². The van der Waals surface area contributed by atoms with Gasteiger partial charge >= 0.3 is 0 Å². The van der Waals surface area contributed by atoms with Crippen molar-refractivity contribution < 1.29 is 9.59 Å². The molecule has 2 saturated heterocycles. The molecule has 112 valence electrons. The third-order valence-corrected chi connectivity index (χ3v) is 5.50. The first-order valence-corrected chi connectivity index (χ1v) is 7.90. The molecule has 1 aliphatic carbocycles. The van der Waals surface area contributed by atoms with Crippen molar-refractivity contribution in [2.75, 3.05) is 19.6 Å². The summed E-state index contributed by atoms with van der Waals surface area (Å²) in [6.07, 6.45) is 5.57. The maximum atomic E-state index is 12.7. The van der Waals surface area contributed by atoms with Gasteiger partial charge in [-0.15, -0.1) is 0 Å². The van der Waals surface area contributed by atoms with Crippen molar-refractivity contribution in [3.8, 4) is 0 Å². The van der Waals surface area contributed by atoms with Crippen molar-refractivity contribution in [1.29, 1.82) is 0 Å². The lowest BCUT2D eigenvalue weighted by atomic mass is 9.85. The fourth-order valence-electron chi connectivity index (χ4n) is 4.50. The molecular weight excluding hydrogens is 254 g/mol. The molecule has 2 aliphatic heterocycles. The minimum Gasteiger partial charge on any atom is -0.331 e. The molecule has 1 saturated carbocycles. The number of hydrogen-bond donors (Lipinski definition) is 1. The molecule has 0 bridgehead atoms. The number of piperidine rings is 1. The number of hydrogen-bond acceptors (Lipinski definition) is 3. The first-order chi connectivity index (χ1) is 9.54.